The predicted octanol–water partition coefficient (Wildman–Crippen LogP) is 3.52. The zero-order valence-corrected chi connectivity index (χ0v) is 13.6. The molecule has 0 fully saturated rings. The molecule has 2 rings (SSSR count). The van der Waals surface area contributed by atoms with Crippen LogP contribution in [0.5, 0.6) is 5.75 Å². The highest BCUT2D eigenvalue weighted by Crippen LogP contribution is 2.28. The Morgan fingerprint density at radius 1 is 1.32 bits per heavy atom. The van der Waals surface area contributed by atoms with Crippen LogP contribution >= 0.6 is 11.6 Å². The van der Waals surface area contributed by atoms with Crippen molar-refractivity contribution < 1.29 is 9.53 Å². The first-order valence-corrected chi connectivity index (χ1v) is 7.39. The average Bonchev–Trinajstić information content (AvgIpc) is 2.49. The van der Waals surface area contributed by atoms with Crippen LogP contribution in [0, 0.1) is 6.92 Å². The van der Waals surface area contributed by atoms with Crippen molar-refractivity contribution in [1.29, 1.82) is 0 Å². The van der Waals surface area contributed by atoms with Gasteiger partial charge in [0.25, 0.3) is 5.91 Å². The van der Waals surface area contributed by atoms with Crippen molar-refractivity contribution in [2.45, 2.75) is 32.9 Å². The monoisotopic (exact) mass is 318 g/mol. The lowest BCUT2D eigenvalue weighted by molar-refractivity contribution is -0.134. The molecule has 1 heterocycles. The molecule has 1 aromatic carbocycles. The summed E-state index contributed by atoms with van der Waals surface area (Å²) in [5, 5.41) is 3.31. The molecule has 2 aromatic rings. The van der Waals surface area contributed by atoms with Crippen molar-refractivity contribution in [3.8, 4) is 5.75 Å². The van der Waals surface area contributed by atoms with Crippen LogP contribution in [-0.4, -0.2) is 16.5 Å². The molecule has 0 bridgehead atoms. The maximum Gasteiger partial charge on any atom is 0.263 e. The molecule has 1 aromatic heterocycles. The highest BCUT2D eigenvalue weighted by molar-refractivity contribution is 6.32. The van der Waals surface area contributed by atoms with Crippen LogP contribution in [0.3, 0.4) is 0 Å². The number of carbonyl (C=O) groups excluding carboxylic acids is 1. The third kappa shape index (κ3) is 4.21. The fraction of sp³-hybridized carbons (Fsp3) is 0.294. The lowest BCUT2D eigenvalue weighted by Crippen LogP contribution is -2.46. The minimum atomic E-state index is -1.04. The largest absolute Gasteiger partial charge is 0.476 e. The zero-order valence-electron chi connectivity index (χ0n) is 12.9. The van der Waals surface area contributed by atoms with Crippen LogP contribution in [0.2, 0.25) is 5.02 Å². The van der Waals surface area contributed by atoms with Gasteiger partial charge in [-0.15, -0.1) is 0 Å². The van der Waals surface area contributed by atoms with E-state index in [0.29, 0.717) is 17.3 Å². The van der Waals surface area contributed by atoms with Crippen LogP contribution in [-0.2, 0) is 11.3 Å². The van der Waals surface area contributed by atoms with E-state index in [-0.39, 0.29) is 5.91 Å². The highest BCUT2D eigenvalue weighted by Gasteiger charge is 2.30. The fourth-order valence-corrected chi connectivity index (χ4v) is 2.05. The van der Waals surface area contributed by atoms with E-state index in [4.69, 9.17) is 16.3 Å². The van der Waals surface area contributed by atoms with Crippen molar-refractivity contribution in [3.63, 3.8) is 0 Å². The molecular weight excluding hydrogens is 300 g/mol. The summed E-state index contributed by atoms with van der Waals surface area (Å²) in [5.74, 6) is 0.273. The van der Waals surface area contributed by atoms with Gasteiger partial charge in [0.1, 0.15) is 5.75 Å². The SMILES string of the molecule is Cc1ccc(Cl)c(OC(C)(C)C(=O)NCc2ccccn2)c1. The third-order valence-corrected chi connectivity index (χ3v) is 3.47. The molecule has 0 atom stereocenters. The molecule has 0 aliphatic rings. The average molecular weight is 319 g/mol. The van der Waals surface area contributed by atoms with Crippen molar-refractivity contribution in [2.75, 3.05) is 0 Å². The van der Waals surface area contributed by atoms with Crippen LogP contribution in [0.4, 0.5) is 0 Å². The molecule has 0 spiro atoms. The molecule has 1 amide bonds. The Kier molecular flexibility index (Phi) is 5.03. The number of nitrogens with zero attached hydrogens (tertiary/aromatic N) is 1. The number of amides is 1. The Morgan fingerprint density at radius 2 is 2.09 bits per heavy atom. The van der Waals surface area contributed by atoms with Crippen LogP contribution in [0.25, 0.3) is 0 Å². The summed E-state index contributed by atoms with van der Waals surface area (Å²) in [6, 6.07) is 11.0. The smallest absolute Gasteiger partial charge is 0.263 e. The summed E-state index contributed by atoms with van der Waals surface area (Å²) in [6.07, 6.45) is 1.69. The van der Waals surface area contributed by atoms with Crippen molar-refractivity contribution in [2.24, 2.45) is 0 Å². The van der Waals surface area contributed by atoms with Crippen molar-refractivity contribution >= 4 is 17.5 Å². The van der Waals surface area contributed by atoms with Crippen molar-refractivity contribution in [3.05, 3.63) is 58.9 Å². The van der Waals surface area contributed by atoms with Gasteiger partial charge >= 0.3 is 0 Å². The maximum atomic E-state index is 12.3. The molecule has 5 heteroatoms. The first kappa shape index (κ1) is 16.3. The van der Waals surface area contributed by atoms with Gasteiger partial charge in [-0.05, 0) is 50.6 Å². The van der Waals surface area contributed by atoms with Gasteiger partial charge in [0.2, 0.25) is 0 Å². The number of hydrogen-bond donors (Lipinski definition) is 1. The highest BCUT2D eigenvalue weighted by atomic mass is 35.5. The quantitative estimate of drug-likeness (QED) is 0.917. The number of rotatable bonds is 5. The molecule has 22 heavy (non-hydrogen) atoms. The summed E-state index contributed by atoms with van der Waals surface area (Å²) in [7, 11) is 0. The van der Waals surface area contributed by atoms with E-state index < -0.39 is 5.60 Å². The fourth-order valence-electron chi connectivity index (χ4n) is 1.90. The Hall–Kier alpha value is -2.07. The summed E-state index contributed by atoms with van der Waals surface area (Å²) < 4.78 is 5.80. The molecule has 4 nitrogen and oxygen atoms in total. The standard InChI is InChI=1S/C17H19ClN2O2/c1-12-7-8-14(18)15(10-12)22-17(2,3)16(21)20-11-13-6-4-5-9-19-13/h4-10H,11H2,1-3H3,(H,20,21). The van der Waals surface area contributed by atoms with E-state index in [1.54, 1.807) is 26.1 Å². The summed E-state index contributed by atoms with van der Waals surface area (Å²) >= 11 is 6.11. The number of ether oxygens (including phenoxy) is 1. The molecule has 0 saturated carbocycles. The Labute approximate surface area is 135 Å². The molecule has 0 aliphatic heterocycles. The molecular formula is C17H19ClN2O2. The lowest BCUT2D eigenvalue weighted by atomic mass is 10.1. The minimum Gasteiger partial charge on any atom is -0.476 e. The summed E-state index contributed by atoms with van der Waals surface area (Å²) in [4.78, 5) is 16.5. The first-order chi connectivity index (χ1) is 10.4. The summed E-state index contributed by atoms with van der Waals surface area (Å²) in [5.41, 5.74) is 0.774. The maximum absolute atomic E-state index is 12.3. The molecule has 0 unspecified atom stereocenters. The van der Waals surface area contributed by atoms with Gasteiger partial charge in [-0.2, -0.15) is 0 Å². The van der Waals surface area contributed by atoms with Gasteiger partial charge in [-0.25, -0.2) is 0 Å². The Balaban J connectivity index is 2.02. The molecule has 0 radical (unpaired) electrons. The predicted molar refractivity (Wildman–Crippen MR) is 87.0 cm³/mol. The molecule has 1 N–H and O–H groups in total. The Morgan fingerprint density at radius 3 is 2.77 bits per heavy atom. The minimum absolute atomic E-state index is 0.226. The van der Waals surface area contributed by atoms with Gasteiger partial charge < -0.3 is 10.1 Å². The molecule has 0 aliphatic carbocycles. The third-order valence-electron chi connectivity index (χ3n) is 3.15. The second kappa shape index (κ2) is 6.79. The summed E-state index contributed by atoms with van der Waals surface area (Å²) in [6.45, 7) is 5.71. The molecule has 0 saturated heterocycles. The van der Waals surface area contributed by atoms with Gasteiger partial charge in [-0.1, -0.05) is 23.7 Å². The number of hydrogen-bond acceptors (Lipinski definition) is 3. The number of halogens is 1. The first-order valence-electron chi connectivity index (χ1n) is 7.02. The lowest BCUT2D eigenvalue weighted by Gasteiger charge is -2.26. The van der Waals surface area contributed by atoms with E-state index in [0.717, 1.165) is 11.3 Å². The number of benzene rings is 1. The second-order valence-electron chi connectivity index (χ2n) is 5.55. The van der Waals surface area contributed by atoms with Gasteiger partial charge in [0.15, 0.2) is 5.60 Å². The van der Waals surface area contributed by atoms with E-state index in [9.17, 15) is 4.79 Å². The van der Waals surface area contributed by atoms with Gasteiger partial charge in [0.05, 0.1) is 17.3 Å². The van der Waals surface area contributed by atoms with Crippen LogP contribution < -0.4 is 10.1 Å². The second-order valence-corrected chi connectivity index (χ2v) is 5.96. The van der Waals surface area contributed by atoms with E-state index in [1.807, 2.05) is 37.3 Å². The molecule has 116 valence electrons. The normalized spacial score (nSPS) is 11.1. The van der Waals surface area contributed by atoms with Crippen LogP contribution in [0.1, 0.15) is 25.1 Å². The van der Waals surface area contributed by atoms with Crippen LogP contribution in [0.15, 0.2) is 42.6 Å². The number of aryl methyl sites for hydroxylation is 1. The van der Waals surface area contributed by atoms with E-state index in [2.05, 4.69) is 10.3 Å². The van der Waals surface area contributed by atoms with Crippen molar-refractivity contribution in [1.82, 2.24) is 10.3 Å². The Bertz CT molecular complexity index is 657. The van der Waals surface area contributed by atoms with E-state index >= 15 is 0 Å². The van der Waals surface area contributed by atoms with Gasteiger partial charge in [0, 0.05) is 6.20 Å². The topological polar surface area (TPSA) is 51.2 Å². The van der Waals surface area contributed by atoms with E-state index in [1.165, 1.54) is 0 Å². The number of pyridine rings is 1. The number of aromatic nitrogens is 1. The van der Waals surface area contributed by atoms with Gasteiger partial charge in [-0.3, -0.25) is 9.78 Å². The zero-order chi connectivity index (χ0) is 16.2. The number of carbonyl (C=O) groups is 1. The number of nitrogens with one attached hydrogen (secondary N) is 1.